The van der Waals surface area contributed by atoms with Gasteiger partial charge in [0, 0.05) is 6.54 Å². The van der Waals surface area contributed by atoms with Crippen molar-refractivity contribution in [2.75, 3.05) is 13.6 Å². The largest absolute Gasteiger partial charge is 0.337 e. The maximum absolute atomic E-state index is 12.2. The first-order valence-corrected chi connectivity index (χ1v) is 7.81. The summed E-state index contributed by atoms with van der Waals surface area (Å²) in [5.41, 5.74) is 3.01. The van der Waals surface area contributed by atoms with E-state index in [2.05, 4.69) is 43.4 Å². The minimum absolute atomic E-state index is 0.0804. The van der Waals surface area contributed by atoms with Gasteiger partial charge >= 0.3 is 0 Å². The summed E-state index contributed by atoms with van der Waals surface area (Å²) in [6.45, 7) is 7.03. The molecule has 4 nitrogen and oxygen atoms in total. The van der Waals surface area contributed by atoms with Crippen LogP contribution in [-0.2, 0) is 11.3 Å². The molecule has 0 spiro atoms. The van der Waals surface area contributed by atoms with Gasteiger partial charge in [-0.05, 0) is 57.7 Å². The SMILES string of the molecule is Cc1ccc(CN(C)CC(=O)N[C@@](C)(C#N)C2CC2)c(C)c1. The highest BCUT2D eigenvalue weighted by molar-refractivity contribution is 5.79. The van der Waals surface area contributed by atoms with Crippen molar-refractivity contribution in [2.24, 2.45) is 5.92 Å². The molecule has 0 saturated heterocycles. The Labute approximate surface area is 133 Å². The lowest BCUT2D eigenvalue weighted by atomic mass is 9.98. The van der Waals surface area contributed by atoms with Crippen molar-refractivity contribution in [3.63, 3.8) is 0 Å². The van der Waals surface area contributed by atoms with Crippen molar-refractivity contribution in [3.05, 3.63) is 34.9 Å². The second-order valence-corrected chi connectivity index (χ2v) is 6.74. The van der Waals surface area contributed by atoms with E-state index in [0.29, 0.717) is 12.5 Å². The van der Waals surface area contributed by atoms with E-state index in [1.54, 1.807) is 0 Å². The average molecular weight is 299 g/mol. The molecule has 0 aromatic heterocycles. The molecule has 1 N–H and O–H groups in total. The summed E-state index contributed by atoms with van der Waals surface area (Å²) in [5, 5.41) is 12.2. The highest BCUT2D eigenvalue weighted by Crippen LogP contribution is 2.39. The summed E-state index contributed by atoms with van der Waals surface area (Å²) in [6.07, 6.45) is 2.06. The Bertz CT molecular complexity index is 601. The van der Waals surface area contributed by atoms with E-state index in [0.717, 1.165) is 19.4 Å². The summed E-state index contributed by atoms with van der Waals surface area (Å²) < 4.78 is 0. The lowest BCUT2D eigenvalue weighted by Gasteiger charge is -2.25. The van der Waals surface area contributed by atoms with Crippen molar-refractivity contribution in [2.45, 2.75) is 45.7 Å². The van der Waals surface area contributed by atoms with Crippen LogP contribution >= 0.6 is 0 Å². The Hall–Kier alpha value is -1.86. The molecule has 0 unspecified atom stereocenters. The fourth-order valence-electron chi connectivity index (χ4n) is 2.83. The number of nitrogens with zero attached hydrogens (tertiary/aromatic N) is 2. The van der Waals surface area contributed by atoms with Gasteiger partial charge in [-0.2, -0.15) is 5.26 Å². The molecule has 1 atom stereocenters. The molecule has 1 fully saturated rings. The van der Waals surface area contributed by atoms with Gasteiger partial charge in [0.25, 0.3) is 0 Å². The Morgan fingerprint density at radius 2 is 2.14 bits per heavy atom. The zero-order valence-corrected chi connectivity index (χ0v) is 13.9. The van der Waals surface area contributed by atoms with Crippen LogP contribution in [0.5, 0.6) is 0 Å². The molecular formula is C18H25N3O. The molecule has 1 aliphatic rings. The predicted molar refractivity (Wildman–Crippen MR) is 87.1 cm³/mol. The van der Waals surface area contributed by atoms with Crippen LogP contribution in [-0.4, -0.2) is 29.9 Å². The molecule has 1 aromatic rings. The Balaban J connectivity index is 1.90. The number of carbonyl (C=O) groups excluding carboxylic acids is 1. The lowest BCUT2D eigenvalue weighted by molar-refractivity contribution is -0.123. The lowest BCUT2D eigenvalue weighted by Crippen LogP contribution is -2.49. The minimum Gasteiger partial charge on any atom is -0.337 e. The van der Waals surface area contributed by atoms with Gasteiger partial charge in [-0.15, -0.1) is 0 Å². The molecule has 1 aromatic carbocycles. The number of rotatable bonds is 6. The van der Waals surface area contributed by atoms with Gasteiger partial charge in [-0.1, -0.05) is 23.8 Å². The van der Waals surface area contributed by atoms with Crippen LogP contribution in [0.25, 0.3) is 0 Å². The van der Waals surface area contributed by atoms with Crippen molar-refractivity contribution in [1.29, 1.82) is 5.26 Å². The smallest absolute Gasteiger partial charge is 0.235 e. The first-order chi connectivity index (χ1) is 10.3. The summed E-state index contributed by atoms with van der Waals surface area (Å²) in [6, 6.07) is 8.62. The number of aryl methyl sites for hydroxylation is 2. The van der Waals surface area contributed by atoms with E-state index in [1.807, 2.05) is 18.9 Å². The van der Waals surface area contributed by atoms with E-state index in [4.69, 9.17) is 0 Å². The molecule has 0 bridgehead atoms. The quantitative estimate of drug-likeness (QED) is 0.878. The second kappa shape index (κ2) is 6.50. The standard InChI is InChI=1S/C18H25N3O/c1-13-5-6-15(14(2)9-13)10-21(4)11-17(22)20-18(3,12-19)16-7-8-16/h5-6,9,16H,7-8,10-11H2,1-4H3,(H,20,22)/t18-/m0/s1. The van der Waals surface area contributed by atoms with Gasteiger partial charge in [0.05, 0.1) is 12.6 Å². The summed E-state index contributed by atoms with van der Waals surface area (Å²) in [7, 11) is 1.93. The molecule has 0 aliphatic heterocycles. The van der Waals surface area contributed by atoms with Crippen LogP contribution in [0.4, 0.5) is 0 Å². The van der Waals surface area contributed by atoms with Crippen molar-refractivity contribution in [1.82, 2.24) is 10.2 Å². The highest BCUT2D eigenvalue weighted by Gasteiger charge is 2.43. The van der Waals surface area contributed by atoms with E-state index in [1.165, 1.54) is 16.7 Å². The normalized spacial score (nSPS) is 16.9. The number of likely N-dealkylation sites (N-methyl/N-ethyl adjacent to an activating group) is 1. The third-order valence-electron chi connectivity index (χ3n) is 4.38. The second-order valence-electron chi connectivity index (χ2n) is 6.74. The van der Waals surface area contributed by atoms with Crippen LogP contribution in [0.2, 0.25) is 0 Å². The van der Waals surface area contributed by atoms with Crippen LogP contribution in [0.15, 0.2) is 18.2 Å². The van der Waals surface area contributed by atoms with E-state index < -0.39 is 5.54 Å². The fourth-order valence-corrected chi connectivity index (χ4v) is 2.83. The molecule has 0 radical (unpaired) electrons. The number of hydrogen-bond acceptors (Lipinski definition) is 3. The molecule has 1 amide bonds. The number of benzene rings is 1. The number of nitrogens with one attached hydrogen (secondary N) is 1. The summed E-state index contributed by atoms with van der Waals surface area (Å²) in [4.78, 5) is 14.2. The topological polar surface area (TPSA) is 56.1 Å². The first kappa shape index (κ1) is 16.5. The number of carbonyl (C=O) groups is 1. The molecule has 22 heavy (non-hydrogen) atoms. The Morgan fingerprint density at radius 1 is 1.45 bits per heavy atom. The molecular weight excluding hydrogens is 274 g/mol. The zero-order valence-electron chi connectivity index (χ0n) is 13.9. The maximum Gasteiger partial charge on any atom is 0.235 e. The molecule has 1 aliphatic carbocycles. The third-order valence-corrected chi connectivity index (χ3v) is 4.38. The minimum atomic E-state index is -0.711. The van der Waals surface area contributed by atoms with Crippen LogP contribution in [0.1, 0.15) is 36.5 Å². The van der Waals surface area contributed by atoms with Gasteiger partial charge in [0.15, 0.2) is 0 Å². The average Bonchev–Trinajstić information content (AvgIpc) is 3.26. The Kier molecular flexibility index (Phi) is 4.87. The van der Waals surface area contributed by atoms with Gasteiger partial charge in [-0.25, -0.2) is 0 Å². The van der Waals surface area contributed by atoms with E-state index in [9.17, 15) is 10.1 Å². The highest BCUT2D eigenvalue weighted by atomic mass is 16.2. The molecule has 118 valence electrons. The number of nitriles is 1. The maximum atomic E-state index is 12.2. The monoisotopic (exact) mass is 299 g/mol. The zero-order chi connectivity index (χ0) is 16.3. The molecule has 1 saturated carbocycles. The van der Waals surface area contributed by atoms with Gasteiger partial charge < -0.3 is 5.32 Å². The van der Waals surface area contributed by atoms with Crippen LogP contribution in [0, 0.1) is 31.1 Å². The molecule has 0 heterocycles. The van der Waals surface area contributed by atoms with Crippen molar-refractivity contribution >= 4 is 5.91 Å². The Morgan fingerprint density at radius 3 is 2.68 bits per heavy atom. The number of amides is 1. The van der Waals surface area contributed by atoms with Gasteiger partial charge in [0.2, 0.25) is 5.91 Å². The van der Waals surface area contributed by atoms with Crippen molar-refractivity contribution in [3.8, 4) is 6.07 Å². The molecule has 4 heteroatoms. The molecule has 2 rings (SSSR count). The number of hydrogen-bond donors (Lipinski definition) is 1. The first-order valence-electron chi connectivity index (χ1n) is 7.81. The van der Waals surface area contributed by atoms with Gasteiger partial charge in [-0.3, -0.25) is 9.69 Å². The third kappa shape index (κ3) is 4.08. The predicted octanol–water partition coefficient (Wildman–Crippen LogP) is 2.54. The van der Waals surface area contributed by atoms with Crippen molar-refractivity contribution < 1.29 is 4.79 Å². The van der Waals surface area contributed by atoms with Crippen LogP contribution in [0.3, 0.4) is 0 Å². The van der Waals surface area contributed by atoms with E-state index in [-0.39, 0.29) is 5.91 Å². The van der Waals surface area contributed by atoms with Gasteiger partial charge in [0.1, 0.15) is 5.54 Å². The fraction of sp³-hybridized carbons (Fsp3) is 0.556. The summed E-state index contributed by atoms with van der Waals surface area (Å²) >= 11 is 0. The summed E-state index contributed by atoms with van der Waals surface area (Å²) in [5.74, 6) is 0.231. The van der Waals surface area contributed by atoms with E-state index >= 15 is 0 Å². The van der Waals surface area contributed by atoms with Crippen LogP contribution < -0.4 is 5.32 Å².